The Labute approximate surface area is 147 Å². The Morgan fingerprint density at radius 2 is 1.30 bits per heavy atom. The molecule has 0 fully saturated rings. The summed E-state index contributed by atoms with van der Waals surface area (Å²) < 4.78 is 14.1. The third-order valence-electron chi connectivity index (χ3n) is 5.63. The van der Waals surface area contributed by atoms with Gasteiger partial charge in [0, 0.05) is 27.3 Å². The van der Waals surface area contributed by atoms with Crippen molar-refractivity contribution in [2.45, 2.75) is 64.3 Å². The maximum absolute atomic E-state index is 5.61. The minimum atomic E-state index is -1.89. The van der Waals surface area contributed by atoms with E-state index >= 15 is 0 Å². The van der Waals surface area contributed by atoms with E-state index in [0.717, 1.165) is 12.6 Å². The number of likely N-dealkylation sites (N-methyl/N-ethyl adjacent to an activating group) is 1. The van der Waals surface area contributed by atoms with Crippen LogP contribution in [0.4, 0.5) is 0 Å². The quantitative estimate of drug-likeness (QED) is 0.344. The van der Waals surface area contributed by atoms with Crippen molar-refractivity contribution in [1.29, 1.82) is 0 Å². The highest BCUT2D eigenvalue weighted by Crippen LogP contribution is 2.26. The number of unbranched alkanes of at least 4 members (excludes halogenated alkanes) is 1. The lowest BCUT2D eigenvalue weighted by molar-refractivity contribution is 0.247. The van der Waals surface area contributed by atoms with E-state index in [1.807, 2.05) is 0 Å². The summed E-state index contributed by atoms with van der Waals surface area (Å²) in [5, 5.41) is 0. The predicted octanol–water partition coefficient (Wildman–Crippen LogP) is 4.00. The highest BCUT2D eigenvalue weighted by Gasteiger charge is 2.34. The molecule has 0 aliphatic rings. The third-order valence-corrected chi connectivity index (χ3v) is 14.4. The van der Waals surface area contributed by atoms with E-state index in [4.69, 9.17) is 8.85 Å². The third kappa shape index (κ3) is 7.79. The molecule has 6 heteroatoms. The molecule has 0 aliphatic heterocycles. The predicted molar refractivity (Wildman–Crippen MR) is 107 cm³/mol. The molecule has 0 N–H and O–H groups in total. The fraction of sp³-hybridized carbons (Fsp3) is 1.00. The standard InChI is InChI=1S/C17H42N2O2Si2/c1-9-23(10-2,11-3)19(16-15-18(4)5)14-12-13-17-22(8,20-6)21-7/h9-17H2,1-8H3. The smallest absolute Gasteiger partial charge is 0.334 e. The number of rotatable bonds is 14. The molecule has 4 nitrogen and oxygen atoms in total. The fourth-order valence-electron chi connectivity index (χ4n) is 3.36. The van der Waals surface area contributed by atoms with Crippen molar-refractivity contribution in [2.24, 2.45) is 0 Å². The molecule has 0 spiro atoms. The molecule has 0 aliphatic carbocycles. The molecule has 140 valence electrons. The molecule has 0 aromatic carbocycles. The van der Waals surface area contributed by atoms with Crippen LogP contribution in [0.2, 0.25) is 30.7 Å². The van der Waals surface area contributed by atoms with Gasteiger partial charge in [0.05, 0.1) is 0 Å². The molecule has 0 saturated carbocycles. The maximum atomic E-state index is 5.61. The molecule has 0 unspecified atom stereocenters. The van der Waals surface area contributed by atoms with Gasteiger partial charge >= 0.3 is 8.56 Å². The maximum Gasteiger partial charge on any atom is 0.334 e. The molecule has 0 atom stereocenters. The average molecular weight is 363 g/mol. The summed E-state index contributed by atoms with van der Waals surface area (Å²) in [5.41, 5.74) is 0. The van der Waals surface area contributed by atoms with Gasteiger partial charge < -0.3 is 18.3 Å². The minimum absolute atomic E-state index is 1.10. The number of hydrogen-bond acceptors (Lipinski definition) is 4. The molecular weight excluding hydrogens is 320 g/mol. The molecule has 0 bridgehead atoms. The van der Waals surface area contributed by atoms with Crippen LogP contribution in [-0.2, 0) is 8.85 Å². The number of hydrogen-bond donors (Lipinski definition) is 0. The van der Waals surface area contributed by atoms with E-state index in [0.29, 0.717) is 0 Å². The van der Waals surface area contributed by atoms with Gasteiger partial charge in [-0.3, -0.25) is 0 Å². The molecular formula is C17H42N2O2Si2. The lowest BCUT2D eigenvalue weighted by Crippen LogP contribution is -2.54. The SMILES string of the molecule is CC[Si](CC)(CC)N(CCCC[Si](C)(OC)OC)CCN(C)C. The van der Waals surface area contributed by atoms with Crippen LogP contribution in [0.25, 0.3) is 0 Å². The van der Waals surface area contributed by atoms with E-state index in [1.165, 1.54) is 44.1 Å². The molecule has 0 aromatic heterocycles. The molecule has 23 heavy (non-hydrogen) atoms. The van der Waals surface area contributed by atoms with Gasteiger partial charge in [0.2, 0.25) is 0 Å². The van der Waals surface area contributed by atoms with Gasteiger partial charge in [0.15, 0.2) is 0 Å². The van der Waals surface area contributed by atoms with Gasteiger partial charge in [-0.2, -0.15) is 0 Å². The van der Waals surface area contributed by atoms with Gasteiger partial charge in [0.25, 0.3) is 0 Å². The average Bonchev–Trinajstić information content (AvgIpc) is 2.56. The van der Waals surface area contributed by atoms with Crippen molar-refractivity contribution in [3.63, 3.8) is 0 Å². The minimum Gasteiger partial charge on any atom is -0.398 e. The second-order valence-corrected chi connectivity index (χ2v) is 15.9. The first kappa shape index (κ1) is 23.3. The highest BCUT2D eigenvalue weighted by molar-refractivity contribution is 6.77. The van der Waals surface area contributed by atoms with Crippen LogP contribution in [0.1, 0.15) is 33.6 Å². The Bertz CT molecular complexity index is 288. The fourth-order valence-corrected chi connectivity index (χ4v) is 8.88. The Morgan fingerprint density at radius 3 is 1.70 bits per heavy atom. The van der Waals surface area contributed by atoms with Crippen LogP contribution in [0.5, 0.6) is 0 Å². The van der Waals surface area contributed by atoms with Gasteiger partial charge in [-0.15, -0.1) is 0 Å². The second kappa shape index (κ2) is 11.8. The first-order valence-electron chi connectivity index (χ1n) is 9.33. The monoisotopic (exact) mass is 362 g/mol. The van der Waals surface area contributed by atoms with Crippen molar-refractivity contribution in [1.82, 2.24) is 9.47 Å². The topological polar surface area (TPSA) is 24.9 Å². The van der Waals surface area contributed by atoms with Crippen LogP contribution >= 0.6 is 0 Å². The van der Waals surface area contributed by atoms with Gasteiger partial charge in [-0.25, -0.2) is 0 Å². The van der Waals surface area contributed by atoms with Crippen molar-refractivity contribution >= 4 is 16.8 Å². The molecule has 0 aromatic rings. The van der Waals surface area contributed by atoms with Crippen LogP contribution in [0, 0.1) is 0 Å². The molecule has 0 radical (unpaired) electrons. The van der Waals surface area contributed by atoms with Gasteiger partial charge in [-0.1, -0.05) is 27.2 Å². The molecule has 0 saturated heterocycles. The summed E-state index contributed by atoms with van der Waals surface area (Å²) in [6.45, 7) is 13.0. The van der Waals surface area contributed by atoms with E-state index in [1.54, 1.807) is 14.2 Å². The van der Waals surface area contributed by atoms with Crippen LogP contribution in [0.3, 0.4) is 0 Å². The van der Waals surface area contributed by atoms with Crippen molar-refractivity contribution in [3.8, 4) is 0 Å². The second-order valence-electron chi connectivity index (χ2n) is 7.07. The summed E-state index contributed by atoms with van der Waals surface area (Å²) in [4.78, 5) is 2.31. The molecule has 0 rings (SSSR count). The Balaban J connectivity index is 4.64. The van der Waals surface area contributed by atoms with E-state index < -0.39 is 16.8 Å². The zero-order chi connectivity index (χ0) is 17.9. The van der Waals surface area contributed by atoms with E-state index in [9.17, 15) is 0 Å². The van der Waals surface area contributed by atoms with Crippen LogP contribution in [0.15, 0.2) is 0 Å². The first-order valence-corrected chi connectivity index (χ1v) is 14.4. The lowest BCUT2D eigenvalue weighted by Gasteiger charge is -2.41. The summed E-state index contributed by atoms with van der Waals surface area (Å²) >= 11 is 0. The Kier molecular flexibility index (Phi) is 11.9. The summed E-state index contributed by atoms with van der Waals surface area (Å²) in [6.07, 6.45) is 2.47. The zero-order valence-electron chi connectivity index (χ0n) is 17.1. The molecule has 0 amide bonds. The Hall–Kier alpha value is 0.274. The summed E-state index contributed by atoms with van der Waals surface area (Å²) in [5.74, 6) is 0. The summed E-state index contributed by atoms with van der Waals surface area (Å²) in [6, 6.07) is 5.21. The summed E-state index contributed by atoms with van der Waals surface area (Å²) in [7, 11) is 4.79. The van der Waals surface area contributed by atoms with Crippen molar-refractivity contribution in [3.05, 3.63) is 0 Å². The van der Waals surface area contributed by atoms with Crippen LogP contribution < -0.4 is 0 Å². The largest absolute Gasteiger partial charge is 0.398 e. The van der Waals surface area contributed by atoms with E-state index in [2.05, 4.69) is 50.9 Å². The first-order chi connectivity index (χ1) is 10.8. The van der Waals surface area contributed by atoms with Crippen LogP contribution in [-0.4, -0.2) is 74.2 Å². The lowest BCUT2D eigenvalue weighted by atomic mass is 10.3. The van der Waals surface area contributed by atoms with E-state index in [-0.39, 0.29) is 0 Å². The van der Waals surface area contributed by atoms with Crippen molar-refractivity contribution in [2.75, 3.05) is 47.9 Å². The zero-order valence-corrected chi connectivity index (χ0v) is 19.1. The van der Waals surface area contributed by atoms with Crippen molar-refractivity contribution < 1.29 is 8.85 Å². The van der Waals surface area contributed by atoms with Gasteiger partial charge in [0.1, 0.15) is 8.24 Å². The number of nitrogens with zero attached hydrogens (tertiary/aromatic N) is 2. The Morgan fingerprint density at radius 1 is 0.783 bits per heavy atom. The normalized spacial score (nSPS) is 13.3. The highest BCUT2D eigenvalue weighted by atomic mass is 28.4. The molecule has 0 heterocycles. The van der Waals surface area contributed by atoms with Gasteiger partial charge in [-0.05, 0) is 57.8 Å².